The van der Waals surface area contributed by atoms with Crippen molar-refractivity contribution >= 4 is 7.60 Å². The van der Waals surface area contributed by atoms with Gasteiger partial charge in [0.25, 0.3) is 0 Å². The van der Waals surface area contributed by atoms with E-state index in [0.29, 0.717) is 18.9 Å². The fraction of sp³-hybridized carbons (Fsp3) is 0.286. The zero-order chi connectivity index (χ0) is 20.2. The third-order valence-corrected chi connectivity index (χ3v) is 5.91. The normalized spacial score (nSPS) is 10.8. The van der Waals surface area contributed by atoms with Gasteiger partial charge < -0.3 is 19.7 Å². The molecular formula is C21H26N3O3P. The van der Waals surface area contributed by atoms with E-state index < -0.39 is 7.60 Å². The van der Waals surface area contributed by atoms with Gasteiger partial charge in [0.1, 0.15) is 11.9 Å². The number of allylic oxidation sites excluding steroid dienone is 1. The Labute approximate surface area is 166 Å². The molecule has 0 aliphatic rings. The molecule has 2 aromatic carbocycles. The average Bonchev–Trinajstić information content (AvgIpc) is 2.72. The van der Waals surface area contributed by atoms with Gasteiger partial charge in [-0.05, 0) is 25.0 Å². The van der Waals surface area contributed by atoms with E-state index in [2.05, 4.69) is 10.6 Å². The molecular weight excluding hydrogens is 373 g/mol. The van der Waals surface area contributed by atoms with Crippen molar-refractivity contribution in [2.24, 2.45) is 0 Å². The molecule has 0 aliphatic carbocycles. The van der Waals surface area contributed by atoms with Gasteiger partial charge in [0, 0.05) is 13.1 Å². The van der Waals surface area contributed by atoms with Crippen LogP contribution in [0.15, 0.2) is 71.8 Å². The van der Waals surface area contributed by atoms with Gasteiger partial charge in [-0.1, -0.05) is 60.7 Å². The molecule has 148 valence electrons. The lowest BCUT2D eigenvalue weighted by Gasteiger charge is -2.21. The Morgan fingerprint density at radius 1 is 0.893 bits per heavy atom. The Balaban J connectivity index is 2.33. The Hall–Kier alpha value is -2.58. The molecule has 0 radical (unpaired) electrons. The third kappa shape index (κ3) is 6.24. The van der Waals surface area contributed by atoms with E-state index in [9.17, 15) is 9.83 Å². The first-order valence-corrected chi connectivity index (χ1v) is 10.8. The lowest BCUT2D eigenvalue weighted by molar-refractivity contribution is 0.226. The van der Waals surface area contributed by atoms with Crippen molar-refractivity contribution in [3.63, 3.8) is 0 Å². The molecule has 0 aliphatic heterocycles. The number of benzene rings is 2. The summed E-state index contributed by atoms with van der Waals surface area (Å²) in [6.07, 6.45) is 0. The van der Waals surface area contributed by atoms with Crippen molar-refractivity contribution in [3.05, 3.63) is 82.9 Å². The van der Waals surface area contributed by atoms with Crippen LogP contribution in [0.25, 0.3) is 0 Å². The first kappa shape index (κ1) is 21.7. The van der Waals surface area contributed by atoms with Crippen LogP contribution in [0.1, 0.15) is 25.0 Å². The van der Waals surface area contributed by atoms with Gasteiger partial charge in [0.05, 0.1) is 13.2 Å². The van der Waals surface area contributed by atoms with E-state index >= 15 is 0 Å². The van der Waals surface area contributed by atoms with E-state index in [0.717, 1.165) is 11.1 Å². The molecule has 2 N–H and O–H groups in total. The summed E-state index contributed by atoms with van der Waals surface area (Å²) in [6.45, 7) is 4.70. The average molecular weight is 399 g/mol. The summed E-state index contributed by atoms with van der Waals surface area (Å²) in [4.78, 5) is 0. The molecule has 0 saturated carbocycles. The summed E-state index contributed by atoms with van der Waals surface area (Å²) in [5.41, 5.74) is 2.06. The maximum absolute atomic E-state index is 13.2. The van der Waals surface area contributed by atoms with Gasteiger partial charge in [0.15, 0.2) is 5.31 Å². The maximum Gasteiger partial charge on any atom is 0.375 e. The summed E-state index contributed by atoms with van der Waals surface area (Å²) >= 11 is 0. The molecule has 0 heterocycles. The minimum absolute atomic E-state index is 0.0527. The van der Waals surface area contributed by atoms with Crippen LogP contribution in [-0.2, 0) is 26.7 Å². The van der Waals surface area contributed by atoms with E-state index in [1.54, 1.807) is 13.8 Å². The van der Waals surface area contributed by atoms with Crippen molar-refractivity contribution in [2.75, 3.05) is 13.2 Å². The van der Waals surface area contributed by atoms with Crippen LogP contribution in [-0.4, -0.2) is 13.2 Å². The minimum Gasteiger partial charge on any atom is -0.366 e. The fourth-order valence-corrected chi connectivity index (χ4v) is 4.13. The molecule has 0 unspecified atom stereocenters. The van der Waals surface area contributed by atoms with Gasteiger partial charge in [-0.15, -0.1) is 0 Å². The Morgan fingerprint density at radius 2 is 1.32 bits per heavy atom. The number of nitrogens with one attached hydrogen (secondary N) is 2. The molecule has 0 fully saturated rings. The van der Waals surface area contributed by atoms with E-state index in [4.69, 9.17) is 9.05 Å². The Bertz CT molecular complexity index is 793. The highest BCUT2D eigenvalue weighted by molar-refractivity contribution is 7.58. The second-order valence-corrected chi connectivity index (χ2v) is 7.81. The Morgan fingerprint density at radius 3 is 1.68 bits per heavy atom. The van der Waals surface area contributed by atoms with Crippen LogP contribution in [0.5, 0.6) is 0 Å². The standard InChI is InChI=1S/C21H26N3O3P/c1-3-26-28(25,27-4-2)20(15-22)21(23-16-18-11-7-5-8-12-18)24-17-19-13-9-6-10-14-19/h5-14,23-24H,3-4,16-17H2,1-2H3. The molecule has 0 amide bonds. The SMILES string of the molecule is CCOP(=O)(OCC)C(C#N)=C(NCc1ccccc1)NCc1ccccc1. The molecule has 0 saturated heterocycles. The first-order chi connectivity index (χ1) is 13.6. The third-order valence-electron chi connectivity index (χ3n) is 3.84. The highest BCUT2D eigenvalue weighted by Crippen LogP contribution is 2.56. The molecule has 0 atom stereocenters. The fourth-order valence-electron chi connectivity index (χ4n) is 2.56. The van der Waals surface area contributed by atoms with Crippen LogP contribution in [0.4, 0.5) is 0 Å². The number of hydrogen-bond acceptors (Lipinski definition) is 6. The van der Waals surface area contributed by atoms with Gasteiger partial charge in [-0.25, -0.2) is 0 Å². The number of hydrogen-bond donors (Lipinski definition) is 2. The van der Waals surface area contributed by atoms with Gasteiger partial charge in [-0.2, -0.15) is 5.26 Å². The predicted octanol–water partition coefficient (Wildman–Crippen LogP) is 4.52. The molecule has 0 aromatic heterocycles. The molecule has 0 spiro atoms. The molecule has 7 heteroatoms. The van der Waals surface area contributed by atoms with Crippen LogP contribution in [0.2, 0.25) is 0 Å². The first-order valence-electron chi connectivity index (χ1n) is 9.22. The van der Waals surface area contributed by atoms with Crippen molar-refractivity contribution in [1.82, 2.24) is 10.6 Å². The van der Waals surface area contributed by atoms with Gasteiger partial charge in [-0.3, -0.25) is 4.57 Å². The minimum atomic E-state index is -3.73. The Kier molecular flexibility index (Phi) is 8.77. The largest absolute Gasteiger partial charge is 0.375 e. The number of nitriles is 1. The summed E-state index contributed by atoms with van der Waals surface area (Å²) in [5.74, 6) is 0.348. The highest BCUT2D eigenvalue weighted by Gasteiger charge is 2.33. The topological polar surface area (TPSA) is 83.4 Å². The molecule has 2 aromatic rings. The monoisotopic (exact) mass is 399 g/mol. The van der Waals surface area contributed by atoms with Crippen LogP contribution < -0.4 is 10.6 Å². The van der Waals surface area contributed by atoms with E-state index in [-0.39, 0.29) is 18.5 Å². The summed E-state index contributed by atoms with van der Waals surface area (Å²) in [7, 11) is -3.73. The predicted molar refractivity (Wildman–Crippen MR) is 110 cm³/mol. The van der Waals surface area contributed by atoms with Crippen molar-refractivity contribution < 1.29 is 13.6 Å². The molecule has 28 heavy (non-hydrogen) atoms. The zero-order valence-corrected chi connectivity index (χ0v) is 17.1. The molecule has 0 bridgehead atoms. The smallest absolute Gasteiger partial charge is 0.366 e. The maximum atomic E-state index is 13.2. The van der Waals surface area contributed by atoms with Crippen molar-refractivity contribution in [3.8, 4) is 6.07 Å². The summed E-state index contributed by atoms with van der Waals surface area (Å²) in [6, 6.07) is 21.5. The second kappa shape index (κ2) is 11.3. The lowest BCUT2D eigenvalue weighted by atomic mass is 10.2. The van der Waals surface area contributed by atoms with Gasteiger partial charge >= 0.3 is 7.60 Å². The number of rotatable bonds is 11. The summed E-state index contributed by atoms with van der Waals surface area (Å²) < 4.78 is 24.0. The highest BCUT2D eigenvalue weighted by atomic mass is 31.2. The molecule has 2 rings (SSSR count). The van der Waals surface area contributed by atoms with Crippen molar-refractivity contribution in [2.45, 2.75) is 26.9 Å². The van der Waals surface area contributed by atoms with E-state index in [1.807, 2.05) is 66.7 Å². The van der Waals surface area contributed by atoms with Crippen molar-refractivity contribution in [1.29, 1.82) is 5.26 Å². The quantitative estimate of drug-likeness (QED) is 0.427. The van der Waals surface area contributed by atoms with Crippen LogP contribution in [0.3, 0.4) is 0 Å². The van der Waals surface area contributed by atoms with Gasteiger partial charge in [0.2, 0.25) is 0 Å². The summed E-state index contributed by atoms with van der Waals surface area (Å²) in [5, 5.41) is 16.1. The number of nitrogens with zero attached hydrogens (tertiary/aromatic N) is 1. The van der Waals surface area contributed by atoms with Crippen LogP contribution >= 0.6 is 7.60 Å². The molecule has 6 nitrogen and oxygen atoms in total. The second-order valence-electron chi connectivity index (χ2n) is 5.85. The zero-order valence-electron chi connectivity index (χ0n) is 16.2. The van der Waals surface area contributed by atoms with Crippen LogP contribution in [0, 0.1) is 11.3 Å². The lowest BCUT2D eigenvalue weighted by Crippen LogP contribution is -2.28. The van der Waals surface area contributed by atoms with E-state index in [1.165, 1.54) is 0 Å².